The first-order chi connectivity index (χ1) is 7.28. The summed E-state index contributed by atoms with van der Waals surface area (Å²) in [7, 11) is 0. The Bertz CT molecular complexity index is 293. The Balaban J connectivity index is 2.03. The summed E-state index contributed by atoms with van der Waals surface area (Å²) < 4.78 is 0. The highest BCUT2D eigenvalue weighted by atomic mass is 32.1. The first-order valence-electron chi connectivity index (χ1n) is 5.99. The predicted molar refractivity (Wildman–Crippen MR) is 67.1 cm³/mol. The predicted octanol–water partition coefficient (Wildman–Crippen LogP) is 3.45. The number of rotatable bonds is 4. The summed E-state index contributed by atoms with van der Waals surface area (Å²) in [6, 6.07) is 2.25. The van der Waals surface area contributed by atoms with Crippen LogP contribution in [0.15, 0.2) is 16.8 Å². The summed E-state index contributed by atoms with van der Waals surface area (Å²) in [5, 5.41) is 4.45. The number of thiophene rings is 1. The van der Waals surface area contributed by atoms with Gasteiger partial charge in [0.2, 0.25) is 0 Å². The van der Waals surface area contributed by atoms with Gasteiger partial charge < -0.3 is 5.73 Å². The van der Waals surface area contributed by atoms with Crippen LogP contribution in [0.25, 0.3) is 0 Å². The van der Waals surface area contributed by atoms with Crippen LogP contribution in [0, 0.1) is 11.3 Å². The molecule has 0 aliphatic heterocycles. The van der Waals surface area contributed by atoms with E-state index in [0.29, 0.717) is 5.41 Å². The Morgan fingerprint density at radius 3 is 3.00 bits per heavy atom. The molecule has 1 fully saturated rings. The largest absolute Gasteiger partial charge is 0.330 e. The van der Waals surface area contributed by atoms with Crippen LogP contribution in [0.2, 0.25) is 0 Å². The summed E-state index contributed by atoms with van der Waals surface area (Å²) >= 11 is 1.80. The van der Waals surface area contributed by atoms with E-state index in [0.717, 1.165) is 12.5 Å². The van der Waals surface area contributed by atoms with Gasteiger partial charge in [0.1, 0.15) is 0 Å². The Kier molecular flexibility index (Phi) is 3.47. The van der Waals surface area contributed by atoms with Crippen LogP contribution in [0.3, 0.4) is 0 Å². The zero-order valence-corrected chi connectivity index (χ0v) is 10.4. The van der Waals surface area contributed by atoms with Crippen LogP contribution in [0.5, 0.6) is 0 Å². The summed E-state index contributed by atoms with van der Waals surface area (Å²) in [6.07, 6.45) is 6.58. The molecular formula is C13H21NS. The van der Waals surface area contributed by atoms with E-state index in [1.54, 1.807) is 11.3 Å². The van der Waals surface area contributed by atoms with Crippen LogP contribution in [-0.2, 0) is 6.42 Å². The molecule has 1 saturated carbocycles. The second-order valence-corrected chi connectivity index (χ2v) is 5.81. The van der Waals surface area contributed by atoms with E-state index in [1.165, 1.54) is 37.7 Å². The molecule has 1 aliphatic carbocycles. The van der Waals surface area contributed by atoms with Crippen molar-refractivity contribution in [2.45, 2.75) is 39.0 Å². The molecule has 0 aromatic carbocycles. The van der Waals surface area contributed by atoms with Crippen LogP contribution in [-0.4, -0.2) is 6.54 Å². The molecule has 2 unspecified atom stereocenters. The molecule has 0 bridgehead atoms. The van der Waals surface area contributed by atoms with Crippen molar-refractivity contribution in [2.75, 3.05) is 6.54 Å². The lowest BCUT2D eigenvalue weighted by molar-refractivity contribution is 0.291. The van der Waals surface area contributed by atoms with Gasteiger partial charge >= 0.3 is 0 Å². The van der Waals surface area contributed by atoms with E-state index >= 15 is 0 Å². The second-order valence-electron chi connectivity index (χ2n) is 5.03. The monoisotopic (exact) mass is 223 g/mol. The molecule has 1 nitrogen and oxygen atoms in total. The fourth-order valence-corrected chi connectivity index (χ4v) is 3.59. The van der Waals surface area contributed by atoms with Crippen molar-refractivity contribution < 1.29 is 0 Å². The molecule has 0 amide bonds. The smallest absolute Gasteiger partial charge is 0.00172 e. The first-order valence-corrected chi connectivity index (χ1v) is 6.93. The van der Waals surface area contributed by atoms with Gasteiger partial charge in [-0.25, -0.2) is 0 Å². The van der Waals surface area contributed by atoms with Gasteiger partial charge in [0.25, 0.3) is 0 Å². The average molecular weight is 223 g/mol. The molecule has 2 N–H and O–H groups in total. The lowest BCUT2D eigenvalue weighted by Gasteiger charge is -2.27. The molecule has 84 valence electrons. The van der Waals surface area contributed by atoms with Gasteiger partial charge in [-0.15, -0.1) is 0 Å². The minimum atomic E-state index is 0.418. The Hall–Kier alpha value is -0.340. The molecule has 0 spiro atoms. The molecule has 1 aromatic rings. The molecule has 2 rings (SSSR count). The molecular weight excluding hydrogens is 202 g/mol. The lowest BCUT2D eigenvalue weighted by Crippen LogP contribution is -2.30. The highest BCUT2D eigenvalue weighted by Crippen LogP contribution is 2.44. The highest BCUT2D eigenvalue weighted by molar-refractivity contribution is 7.07. The Labute approximate surface area is 96.7 Å². The van der Waals surface area contributed by atoms with E-state index in [1.807, 2.05) is 0 Å². The van der Waals surface area contributed by atoms with Gasteiger partial charge in [-0.05, 0) is 66.0 Å². The van der Waals surface area contributed by atoms with Crippen molar-refractivity contribution in [3.63, 3.8) is 0 Å². The van der Waals surface area contributed by atoms with Crippen LogP contribution in [0.1, 0.15) is 38.2 Å². The maximum atomic E-state index is 6.01. The lowest BCUT2D eigenvalue weighted by atomic mass is 9.80. The van der Waals surface area contributed by atoms with E-state index in [-0.39, 0.29) is 0 Å². The Morgan fingerprint density at radius 2 is 2.47 bits per heavy atom. The minimum absolute atomic E-state index is 0.418. The number of nitrogens with two attached hydrogens (primary N) is 1. The molecule has 2 atom stereocenters. The molecule has 2 heteroatoms. The van der Waals surface area contributed by atoms with Gasteiger partial charge in [0.05, 0.1) is 0 Å². The maximum Gasteiger partial charge on any atom is -0.00172 e. The summed E-state index contributed by atoms with van der Waals surface area (Å²) in [5.74, 6) is 0.923. The van der Waals surface area contributed by atoms with Gasteiger partial charge in [-0.2, -0.15) is 11.3 Å². The minimum Gasteiger partial charge on any atom is -0.330 e. The average Bonchev–Trinajstić information content (AvgIpc) is 2.88. The van der Waals surface area contributed by atoms with Gasteiger partial charge in [0.15, 0.2) is 0 Å². The molecule has 1 aliphatic rings. The van der Waals surface area contributed by atoms with E-state index in [2.05, 4.69) is 23.8 Å². The van der Waals surface area contributed by atoms with E-state index in [4.69, 9.17) is 5.73 Å². The van der Waals surface area contributed by atoms with E-state index in [9.17, 15) is 0 Å². The second kappa shape index (κ2) is 4.67. The third-order valence-electron chi connectivity index (χ3n) is 3.97. The van der Waals surface area contributed by atoms with Crippen LogP contribution < -0.4 is 5.73 Å². The van der Waals surface area contributed by atoms with Crippen molar-refractivity contribution >= 4 is 11.3 Å². The van der Waals surface area contributed by atoms with E-state index < -0.39 is 0 Å². The van der Waals surface area contributed by atoms with Gasteiger partial charge in [-0.3, -0.25) is 0 Å². The molecule has 15 heavy (non-hydrogen) atoms. The van der Waals surface area contributed by atoms with Crippen molar-refractivity contribution in [3.8, 4) is 0 Å². The molecule has 1 heterocycles. The molecule has 0 radical (unpaired) electrons. The summed E-state index contributed by atoms with van der Waals surface area (Å²) in [4.78, 5) is 0. The fourth-order valence-electron chi connectivity index (χ4n) is 2.92. The number of hydrogen-bond acceptors (Lipinski definition) is 2. The van der Waals surface area contributed by atoms with Crippen molar-refractivity contribution in [2.24, 2.45) is 17.1 Å². The van der Waals surface area contributed by atoms with Crippen molar-refractivity contribution in [1.82, 2.24) is 0 Å². The van der Waals surface area contributed by atoms with Crippen LogP contribution >= 0.6 is 11.3 Å². The topological polar surface area (TPSA) is 26.0 Å². The molecule has 0 saturated heterocycles. The third kappa shape index (κ3) is 2.43. The van der Waals surface area contributed by atoms with Gasteiger partial charge in [-0.1, -0.05) is 13.3 Å². The van der Waals surface area contributed by atoms with Crippen molar-refractivity contribution in [3.05, 3.63) is 22.4 Å². The van der Waals surface area contributed by atoms with Gasteiger partial charge in [0, 0.05) is 0 Å². The van der Waals surface area contributed by atoms with Crippen LogP contribution in [0.4, 0.5) is 0 Å². The quantitative estimate of drug-likeness (QED) is 0.831. The maximum absolute atomic E-state index is 6.01. The normalized spacial score (nSPS) is 30.9. The fraction of sp³-hybridized carbons (Fsp3) is 0.692. The Morgan fingerprint density at radius 1 is 1.60 bits per heavy atom. The number of hydrogen-bond donors (Lipinski definition) is 1. The summed E-state index contributed by atoms with van der Waals surface area (Å²) in [5.41, 5.74) is 7.91. The van der Waals surface area contributed by atoms with Crippen molar-refractivity contribution in [1.29, 1.82) is 0 Å². The zero-order valence-electron chi connectivity index (χ0n) is 9.54. The third-order valence-corrected chi connectivity index (χ3v) is 4.71. The highest BCUT2D eigenvalue weighted by Gasteiger charge is 2.37. The standard InChI is InChI=1S/C13H21NS/c1-2-11-3-5-13(7-11,10-14)8-12-4-6-15-9-12/h4,6,9,11H,2-3,5,7-8,10,14H2,1H3. The summed E-state index contributed by atoms with van der Waals surface area (Å²) in [6.45, 7) is 3.17. The first kappa shape index (κ1) is 11.2. The zero-order chi connectivity index (χ0) is 10.7. The molecule has 1 aromatic heterocycles. The SMILES string of the molecule is CCC1CCC(CN)(Cc2ccsc2)C1.